The lowest BCUT2D eigenvalue weighted by atomic mass is 9.96. The van der Waals surface area contributed by atoms with E-state index in [1.807, 2.05) is 32.0 Å². The van der Waals surface area contributed by atoms with Crippen molar-refractivity contribution in [1.29, 1.82) is 0 Å². The molecule has 0 radical (unpaired) electrons. The zero-order valence-electron chi connectivity index (χ0n) is 12.9. The Kier molecular flexibility index (Phi) is 4.34. The first-order valence-electron chi connectivity index (χ1n) is 7.57. The molecule has 1 aliphatic heterocycles. The number of halogens is 1. The van der Waals surface area contributed by atoms with Crippen LogP contribution in [0.25, 0.3) is 0 Å². The number of aromatic nitrogens is 2. The summed E-state index contributed by atoms with van der Waals surface area (Å²) < 4.78 is 20.1. The summed E-state index contributed by atoms with van der Waals surface area (Å²) in [5.41, 5.74) is 3.53. The summed E-state index contributed by atoms with van der Waals surface area (Å²) in [5, 5.41) is 3.10. The molecule has 0 aliphatic carbocycles. The van der Waals surface area contributed by atoms with Gasteiger partial charge in [-0.2, -0.15) is 0 Å². The fraction of sp³-hybridized carbons (Fsp3) is 0.412. The quantitative estimate of drug-likeness (QED) is 0.935. The lowest BCUT2D eigenvalue weighted by Gasteiger charge is -2.22. The molecule has 1 fully saturated rings. The Hall–Kier alpha value is -2.01. The van der Waals surface area contributed by atoms with Gasteiger partial charge in [0, 0.05) is 24.8 Å². The maximum absolute atomic E-state index is 14.7. The first-order chi connectivity index (χ1) is 10.6. The van der Waals surface area contributed by atoms with E-state index in [4.69, 9.17) is 4.74 Å². The molecule has 1 aliphatic rings. The van der Waals surface area contributed by atoms with E-state index >= 15 is 0 Å². The smallest absolute Gasteiger partial charge is 0.187 e. The first kappa shape index (κ1) is 14.9. The summed E-state index contributed by atoms with van der Waals surface area (Å²) in [4.78, 5) is 8.23. The molecule has 0 saturated carbocycles. The molecule has 0 atom stereocenters. The Morgan fingerprint density at radius 3 is 2.73 bits per heavy atom. The average Bonchev–Trinajstić information content (AvgIpc) is 2.54. The van der Waals surface area contributed by atoms with Crippen molar-refractivity contribution < 1.29 is 9.13 Å². The molecule has 2 aromatic rings. The van der Waals surface area contributed by atoms with Crippen LogP contribution in [0.15, 0.2) is 24.5 Å². The molecule has 1 N–H and O–H groups in total. The second-order valence-electron chi connectivity index (χ2n) is 5.75. The van der Waals surface area contributed by atoms with Gasteiger partial charge < -0.3 is 10.1 Å². The Balaban J connectivity index is 1.89. The summed E-state index contributed by atoms with van der Waals surface area (Å²) in [6.07, 6.45) is 3.04. The molecule has 0 amide bonds. The third kappa shape index (κ3) is 3.09. The fourth-order valence-electron chi connectivity index (χ4n) is 2.72. The van der Waals surface area contributed by atoms with Crippen molar-refractivity contribution in [2.24, 2.45) is 0 Å². The van der Waals surface area contributed by atoms with E-state index in [-0.39, 0.29) is 17.6 Å². The molecule has 1 aromatic heterocycles. The Morgan fingerprint density at radius 2 is 1.95 bits per heavy atom. The Labute approximate surface area is 129 Å². The van der Waals surface area contributed by atoms with Crippen LogP contribution in [0.5, 0.6) is 0 Å². The van der Waals surface area contributed by atoms with Crippen molar-refractivity contribution in [2.45, 2.75) is 32.6 Å². The fourth-order valence-corrected chi connectivity index (χ4v) is 2.72. The molecule has 5 heteroatoms. The minimum Gasteiger partial charge on any atom is -0.381 e. The van der Waals surface area contributed by atoms with Gasteiger partial charge in [-0.15, -0.1) is 0 Å². The van der Waals surface area contributed by atoms with Gasteiger partial charge in [0.15, 0.2) is 11.6 Å². The number of hydrogen-bond donors (Lipinski definition) is 1. The van der Waals surface area contributed by atoms with Crippen molar-refractivity contribution in [3.8, 4) is 0 Å². The molecule has 1 saturated heterocycles. The lowest BCUT2D eigenvalue weighted by molar-refractivity contribution is 0.0837. The number of hydrogen-bond acceptors (Lipinski definition) is 4. The third-order valence-corrected chi connectivity index (χ3v) is 4.07. The van der Waals surface area contributed by atoms with Gasteiger partial charge in [-0.1, -0.05) is 12.1 Å². The molecule has 1 aromatic carbocycles. The van der Waals surface area contributed by atoms with Crippen LogP contribution in [0.3, 0.4) is 0 Å². The van der Waals surface area contributed by atoms with E-state index in [2.05, 4.69) is 15.3 Å². The van der Waals surface area contributed by atoms with Crippen LogP contribution in [-0.2, 0) is 4.74 Å². The van der Waals surface area contributed by atoms with Crippen molar-refractivity contribution >= 4 is 11.5 Å². The number of benzene rings is 1. The van der Waals surface area contributed by atoms with Crippen LogP contribution in [0, 0.1) is 19.7 Å². The Bertz CT molecular complexity index is 669. The summed E-state index contributed by atoms with van der Waals surface area (Å²) in [6.45, 7) is 5.32. The predicted molar refractivity (Wildman–Crippen MR) is 84.0 cm³/mol. The Morgan fingerprint density at radius 1 is 1.18 bits per heavy atom. The predicted octanol–water partition coefficient (Wildman–Crippen LogP) is 3.87. The number of nitrogens with one attached hydrogen (secondary N) is 1. The summed E-state index contributed by atoms with van der Waals surface area (Å²) >= 11 is 0. The number of nitrogens with zero attached hydrogens (tertiary/aromatic N) is 2. The number of aryl methyl sites for hydroxylation is 2. The van der Waals surface area contributed by atoms with E-state index in [1.54, 1.807) is 0 Å². The van der Waals surface area contributed by atoms with Crippen LogP contribution < -0.4 is 5.32 Å². The third-order valence-electron chi connectivity index (χ3n) is 4.07. The van der Waals surface area contributed by atoms with E-state index in [1.165, 1.54) is 6.33 Å². The van der Waals surface area contributed by atoms with Gasteiger partial charge in [0.1, 0.15) is 6.33 Å². The molecular formula is C17H20FN3O. The minimum atomic E-state index is -0.352. The number of rotatable bonds is 3. The number of anilines is 2. The average molecular weight is 301 g/mol. The molecule has 116 valence electrons. The largest absolute Gasteiger partial charge is 0.381 e. The summed E-state index contributed by atoms with van der Waals surface area (Å²) in [7, 11) is 0. The van der Waals surface area contributed by atoms with Crippen molar-refractivity contribution in [3.63, 3.8) is 0 Å². The highest BCUT2D eigenvalue weighted by atomic mass is 19.1. The highest BCUT2D eigenvalue weighted by molar-refractivity contribution is 5.61. The van der Waals surface area contributed by atoms with E-state index in [9.17, 15) is 4.39 Å². The van der Waals surface area contributed by atoms with E-state index in [0.29, 0.717) is 18.9 Å². The van der Waals surface area contributed by atoms with Gasteiger partial charge in [-0.3, -0.25) is 0 Å². The van der Waals surface area contributed by atoms with Gasteiger partial charge in [0.05, 0.1) is 5.69 Å². The van der Waals surface area contributed by atoms with Crippen molar-refractivity contribution in [3.05, 3.63) is 47.2 Å². The molecule has 0 unspecified atom stereocenters. The standard InChI is InChI=1S/C17H20FN3O/c1-11-3-4-12(2)14(9-11)21-17-15(18)16(19-10-20-17)13-5-7-22-8-6-13/h3-4,9-10,13H,5-8H2,1-2H3,(H,19,20,21). The molecule has 2 heterocycles. The summed E-state index contributed by atoms with van der Waals surface area (Å²) in [6, 6.07) is 6.03. The van der Waals surface area contributed by atoms with Crippen LogP contribution in [-0.4, -0.2) is 23.2 Å². The van der Waals surface area contributed by atoms with Crippen molar-refractivity contribution in [2.75, 3.05) is 18.5 Å². The zero-order chi connectivity index (χ0) is 15.5. The zero-order valence-corrected chi connectivity index (χ0v) is 12.9. The molecule has 3 rings (SSSR count). The highest BCUT2D eigenvalue weighted by Crippen LogP contribution is 2.30. The summed E-state index contributed by atoms with van der Waals surface area (Å²) in [5.74, 6) is -0.00333. The van der Waals surface area contributed by atoms with Gasteiger partial charge in [-0.05, 0) is 43.9 Å². The van der Waals surface area contributed by atoms with Crippen LogP contribution in [0.2, 0.25) is 0 Å². The van der Waals surface area contributed by atoms with Gasteiger partial charge in [0.2, 0.25) is 0 Å². The topological polar surface area (TPSA) is 47.0 Å². The van der Waals surface area contributed by atoms with Crippen LogP contribution in [0.4, 0.5) is 15.9 Å². The molecule has 22 heavy (non-hydrogen) atoms. The van der Waals surface area contributed by atoms with Crippen LogP contribution >= 0.6 is 0 Å². The van der Waals surface area contributed by atoms with Gasteiger partial charge in [-0.25, -0.2) is 14.4 Å². The molecule has 0 spiro atoms. The second-order valence-corrected chi connectivity index (χ2v) is 5.75. The minimum absolute atomic E-state index is 0.107. The normalized spacial score (nSPS) is 15.8. The maximum Gasteiger partial charge on any atom is 0.187 e. The first-order valence-corrected chi connectivity index (χ1v) is 7.57. The number of ether oxygens (including phenoxy) is 1. The monoisotopic (exact) mass is 301 g/mol. The second kappa shape index (κ2) is 6.40. The molecular weight excluding hydrogens is 281 g/mol. The SMILES string of the molecule is Cc1ccc(C)c(Nc2ncnc(C3CCOCC3)c2F)c1. The van der Waals surface area contributed by atoms with Crippen LogP contribution in [0.1, 0.15) is 35.6 Å². The van der Waals surface area contributed by atoms with Crippen molar-refractivity contribution in [1.82, 2.24) is 9.97 Å². The van der Waals surface area contributed by atoms with Gasteiger partial charge >= 0.3 is 0 Å². The maximum atomic E-state index is 14.7. The molecule has 0 bridgehead atoms. The van der Waals surface area contributed by atoms with E-state index < -0.39 is 0 Å². The molecule has 4 nitrogen and oxygen atoms in total. The highest BCUT2D eigenvalue weighted by Gasteiger charge is 2.23. The lowest BCUT2D eigenvalue weighted by Crippen LogP contribution is -2.17. The van der Waals surface area contributed by atoms with E-state index in [0.717, 1.165) is 29.7 Å². The van der Waals surface area contributed by atoms with Gasteiger partial charge in [0.25, 0.3) is 0 Å².